The molecule has 0 radical (unpaired) electrons. The summed E-state index contributed by atoms with van der Waals surface area (Å²) in [5, 5.41) is 9.94. The molecular formula is C17H13N3O4. The Labute approximate surface area is 134 Å². The lowest BCUT2D eigenvalue weighted by Gasteiger charge is -1.96. The molecule has 4 rings (SSSR count). The van der Waals surface area contributed by atoms with Crippen LogP contribution in [0.3, 0.4) is 0 Å². The van der Waals surface area contributed by atoms with E-state index in [9.17, 15) is 14.4 Å². The molecule has 0 aliphatic carbocycles. The molecule has 0 saturated carbocycles. The van der Waals surface area contributed by atoms with Crippen molar-refractivity contribution in [3.63, 3.8) is 0 Å². The largest absolute Gasteiger partial charge is 0.508 e. The van der Waals surface area contributed by atoms with Gasteiger partial charge in [-0.15, -0.1) is 0 Å². The molecular weight excluding hydrogens is 310 g/mol. The molecule has 0 bridgehead atoms. The number of pyridine rings is 1. The van der Waals surface area contributed by atoms with E-state index in [1.807, 2.05) is 0 Å². The predicted molar refractivity (Wildman–Crippen MR) is 91.4 cm³/mol. The first-order valence-electron chi connectivity index (χ1n) is 7.06. The van der Waals surface area contributed by atoms with E-state index in [2.05, 4.69) is 15.0 Å². The van der Waals surface area contributed by atoms with Crippen LogP contribution in [0.5, 0.6) is 5.75 Å². The first kappa shape index (κ1) is 15.3. The highest BCUT2D eigenvalue weighted by Crippen LogP contribution is 2.15. The van der Waals surface area contributed by atoms with Gasteiger partial charge in [0.1, 0.15) is 5.75 Å². The fraction of sp³-hybridized carbons (Fsp3) is 0. The van der Waals surface area contributed by atoms with Gasteiger partial charge in [-0.3, -0.25) is 14.4 Å². The third-order valence-corrected chi connectivity index (χ3v) is 3.34. The number of H-pyrrole nitrogens is 3. The zero-order valence-corrected chi connectivity index (χ0v) is 12.4. The molecule has 120 valence electrons. The highest BCUT2D eigenvalue weighted by Gasteiger charge is 1.96. The second kappa shape index (κ2) is 6.25. The summed E-state index contributed by atoms with van der Waals surface area (Å²) in [6.45, 7) is 0. The SMILES string of the molecule is O=c1[nH]c2ccccc2[nH]c1=O.O=c1ccc2cc(O)ccc2[nH]1. The Bertz CT molecular complexity index is 1140. The van der Waals surface area contributed by atoms with Crippen LogP contribution in [0.15, 0.2) is 69.0 Å². The quantitative estimate of drug-likeness (QED) is 0.366. The summed E-state index contributed by atoms with van der Waals surface area (Å²) in [7, 11) is 0. The average Bonchev–Trinajstić information content (AvgIpc) is 2.57. The van der Waals surface area contributed by atoms with E-state index in [0.29, 0.717) is 11.0 Å². The number of nitrogens with one attached hydrogen (secondary N) is 3. The van der Waals surface area contributed by atoms with E-state index in [1.54, 1.807) is 42.5 Å². The minimum absolute atomic E-state index is 0.131. The van der Waals surface area contributed by atoms with Gasteiger partial charge in [0.05, 0.1) is 11.0 Å². The zero-order chi connectivity index (χ0) is 17.1. The van der Waals surface area contributed by atoms with Crippen molar-refractivity contribution in [2.24, 2.45) is 0 Å². The second-order valence-electron chi connectivity index (χ2n) is 5.05. The van der Waals surface area contributed by atoms with Crippen molar-refractivity contribution in [1.29, 1.82) is 0 Å². The Morgan fingerprint density at radius 2 is 1.29 bits per heavy atom. The number of hydrogen-bond acceptors (Lipinski definition) is 4. The third-order valence-electron chi connectivity index (χ3n) is 3.34. The second-order valence-corrected chi connectivity index (χ2v) is 5.05. The number of aromatic amines is 3. The Kier molecular flexibility index (Phi) is 3.98. The van der Waals surface area contributed by atoms with Crippen molar-refractivity contribution in [1.82, 2.24) is 15.0 Å². The molecule has 0 amide bonds. The molecule has 24 heavy (non-hydrogen) atoms. The molecule has 0 unspecified atom stereocenters. The molecule has 0 aliphatic heterocycles. The number of phenolic OH excluding ortho intramolecular Hbond substituents is 1. The van der Waals surface area contributed by atoms with Crippen LogP contribution in [0.2, 0.25) is 0 Å². The number of aromatic nitrogens is 3. The number of benzene rings is 2. The van der Waals surface area contributed by atoms with Crippen molar-refractivity contribution < 1.29 is 5.11 Å². The molecule has 2 aromatic carbocycles. The van der Waals surface area contributed by atoms with Crippen LogP contribution in [-0.4, -0.2) is 20.1 Å². The first-order chi connectivity index (χ1) is 11.5. The standard InChI is InChI=1S/C9H7NO2.C8H6N2O2/c11-7-2-3-8-6(5-7)1-4-9(12)10-8;11-7-8(12)10-6-4-2-1-3-5(6)9-7/h1-5,11H,(H,10,12);1-4H,(H,9,11)(H,10,12). The average molecular weight is 323 g/mol. The normalized spacial score (nSPS) is 10.3. The maximum Gasteiger partial charge on any atom is 0.314 e. The van der Waals surface area contributed by atoms with Gasteiger partial charge in [0.2, 0.25) is 5.56 Å². The Morgan fingerprint density at radius 1 is 0.667 bits per heavy atom. The van der Waals surface area contributed by atoms with E-state index in [0.717, 1.165) is 10.9 Å². The Morgan fingerprint density at radius 3 is 1.92 bits per heavy atom. The highest BCUT2D eigenvalue weighted by atomic mass is 16.3. The van der Waals surface area contributed by atoms with Crippen LogP contribution >= 0.6 is 0 Å². The summed E-state index contributed by atoms with van der Waals surface area (Å²) in [5.74, 6) is 0.203. The maximum atomic E-state index is 10.9. The third kappa shape index (κ3) is 3.25. The maximum absolute atomic E-state index is 10.9. The van der Waals surface area contributed by atoms with Crippen molar-refractivity contribution in [2.45, 2.75) is 0 Å². The molecule has 0 fully saturated rings. The van der Waals surface area contributed by atoms with E-state index in [-0.39, 0.29) is 11.3 Å². The minimum Gasteiger partial charge on any atom is -0.508 e. The number of aromatic hydroxyl groups is 1. The van der Waals surface area contributed by atoms with Crippen molar-refractivity contribution in [2.75, 3.05) is 0 Å². The fourth-order valence-electron chi connectivity index (χ4n) is 2.20. The van der Waals surface area contributed by atoms with Crippen LogP contribution in [0.25, 0.3) is 21.9 Å². The molecule has 0 aliphatic rings. The molecule has 0 saturated heterocycles. The van der Waals surface area contributed by atoms with Crippen LogP contribution in [0.4, 0.5) is 0 Å². The number of para-hydroxylation sites is 2. The zero-order valence-electron chi connectivity index (χ0n) is 12.4. The number of rotatable bonds is 0. The topological polar surface area (TPSA) is 119 Å². The minimum atomic E-state index is -0.617. The molecule has 4 aromatic rings. The molecule has 2 aromatic heterocycles. The lowest BCUT2D eigenvalue weighted by atomic mass is 10.2. The predicted octanol–water partition coefficient (Wildman–Crippen LogP) is 1.45. The molecule has 7 heteroatoms. The molecule has 2 heterocycles. The van der Waals surface area contributed by atoms with Gasteiger partial charge in [-0.05, 0) is 36.4 Å². The molecule has 7 nitrogen and oxygen atoms in total. The van der Waals surface area contributed by atoms with E-state index < -0.39 is 11.1 Å². The number of hydrogen-bond donors (Lipinski definition) is 4. The molecule has 0 atom stereocenters. The van der Waals surface area contributed by atoms with E-state index >= 15 is 0 Å². The van der Waals surface area contributed by atoms with Gasteiger partial charge in [0.15, 0.2) is 0 Å². The van der Waals surface area contributed by atoms with E-state index in [4.69, 9.17) is 5.11 Å². The lowest BCUT2D eigenvalue weighted by Crippen LogP contribution is -2.28. The van der Waals surface area contributed by atoms with Crippen LogP contribution < -0.4 is 16.7 Å². The van der Waals surface area contributed by atoms with Crippen molar-refractivity contribution in [3.8, 4) is 5.75 Å². The smallest absolute Gasteiger partial charge is 0.314 e. The van der Waals surface area contributed by atoms with Crippen LogP contribution in [-0.2, 0) is 0 Å². The number of fused-ring (bicyclic) bond motifs is 2. The Hall–Kier alpha value is -3.61. The van der Waals surface area contributed by atoms with Crippen molar-refractivity contribution in [3.05, 3.63) is 85.7 Å². The van der Waals surface area contributed by atoms with Crippen molar-refractivity contribution >= 4 is 21.9 Å². The van der Waals surface area contributed by atoms with Gasteiger partial charge in [0, 0.05) is 17.0 Å². The van der Waals surface area contributed by atoms with Gasteiger partial charge >= 0.3 is 11.1 Å². The fourth-order valence-corrected chi connectivity index (χ4v) is 2.20. The first-order valence-corrected chi connectivity index (χ1v) is 7.06. The summed E-state index contributed by atoms with van der Waals surface area (Å²) in [6.07, 6.45) is 0. The van der Waals surface area contributed by atoms with Gasteiger partial charge in [-0.2, -0.15) is 0 Å². The molecule has 0 spiro atoms. The Balaban J connectivity index is 0.000000141. The lowest BCUT2D eigenvalue weighted by molar-refractivity contribution is 0.476. The van der Waals surface area contributed by atoms with Gasteiger partial charge < -0.3 is 20.1 Å². The summed E-state index contributed by atoms with van der Waals surface area (Å²) in [5.41, 5.74) is 0.653. The molecule has 4 N–H and O–H groups in total. The van der Waals surface area contributed by atoms with Gasteiger partial charge in [0.25, 0.3) is 0 Å². The van der Waals surface area contributed by atoms with Crippen LogP contribution in [0, 0.1) is 0 Å². The summed E-state index contributed by atoms with van der Waals surface area (Å²) < 4.78 is 0. The summed E-state index contributed by atoms with van der Waals surface area (Å²) in [6, 6.07) is 15.0. The van der Waals surface area contributed by atoms with Crippen LogP contribution in [0.1, 0.15) is 0 Å². The van der Waals surface area contributed by atoms with Gasteiger partial charge in [-0.1, -0.05) is 12.1 Å². The summed E-state index contributed by atoms with van der Waals surface area (Å²) >= 11 is 0. The monoisotopic (exact) mass is 323 g/mol. The van der Waals surface area contributed by atoms with Gasteiger partial charge in [-0.25, -0.2) is 0 Å². The van der Waals surface area contributed by atoms with E-state index in [1.165, 1.54) is 12.1 Å². The number of phenols is 1. The summed E-state index contributed by atoms with van der Waals surface area (Å²) in [4.78, 5) is 40.1. The highest BCUT2D eigenvalue weighted by molar-refractivity contribution is 5.79.